The van der Waals surface area contributed by atoms with Gasteiger partial charge in [0.2, 0.25) is 0 Å². The van der Waals surface area contributed by atoms with Crippen molar-refractivity contribution in [2.45, 2.75) is 51.1 Å². The van der Waals surface area contributed by atoms with E-state index in [9.17, 15) is 8.78 Å². The Labute approximate surface area is 140 Å². The van der Waals surface area contributed by atoms with Crippen molar-refractivity contribution in [1.82, 2.24) is 4.90 Å². The van der Waals surface area contributed by atoms with Gasteiger partial charge in [0.25, 0.3) is 0 Å². The second kappa shape index (κ2) is 11.5. The fourth-order valence-electron chi connectivity index (χ4n) is 3.18. The number of alkyl halides is 2. The molecule has 132 valence electrons. The number of hydrogen-bond acceptors (Lipinski definition) is 2. The van der Waals surface area contributed by atoms with Crippen LogP contribution in [-0.2, 0) is 0 Å². The molecule has 1 atom stereocenters. The number of unbranched alkanes of at least 4 members (excludes halogenated alkanes) is 1. The van der Waals surface area contributed by atoms with Gasteiger partial charge in [-0.25, -0.2) is 4.39 Å². The Hall–Kier alpha value is -1.00. The summed E-state index contributed by atoms with van der Waals surface area (Å²) in [6, 6.07) is 8.20. The third-order valence-electron chi connectivity index (χ3n) is 4.64. The Morgan fingerprint density at radius 1 is 1.13 bits per heavy atom. The molecule has 1 aliphatic rings. The fourth-order valence-corrected chi connectivity index (χ4v) is 3.18. The van der Waals surface area contributed by atoms with Gasteiger partial charge in [0.15, 0.2) is 0 Å². The van der Waals surface area contributed by atoms with Crippen molar-refractivity contribution in [3.05, 3.63) is 35.4 Å². The molecule has 0 saturated carbocycles. The summed E-state index contributed by atoms with van der Waals surface area (Å²) < 4.78 is 23.1. The van der Waals surface area contributed by atoms with Crippen molar-refractivity contribution in [2.24, 2.45) is 5.73 Å². The van der Waals surface area contributed by atoms with Crippen molar-refractivity contribution in [3.8, 4) is 0 Å². The molecular formula is C19H32F2N2. The van der Waals surface area contributed by atoms with Gasteiger partial charge < -0.3 is 10.6 Å². The number of piperidine rings is 1. The van der Waals surface area contributed by atoms with Crippen molar-refractivity contribution in [1.29, 1.82) is 0 Å². The van der Waals surface area contributed by atoms with E-state index in [1.807, 2.05) is 19.1 Å². The first-order chi connectivity index (χ1) is 11.2. The van der Waals surface area contributed by atoms with Gasteiger partial charge in [0.1, 0.15) is 6.17 Å². The van der Waals surface area contributed by atoms with E-state index in [1.54, 1.807) is 0 Å². The average Bonchev–Trinajstić information content (AvgIpc) is 2.64. The molecule has 0 radical (unpaired) electrons. The molecule has 0 aromatic heterocycles. The number of nitrogens with two attached hydrogens (primary N) is 1. The normalized spacial score (nSPS) is 17.4. The maximum absolute atomic E-state index is 13.6. The lowest BCUT2D eigenvalue weighted by Crippen LogP contribution is -2.33. The number of rotatable bonds is 7. The zero-order valence-electron chi connectivity index (χ0n) is 14.6. The maximum atomic E-state index is 13.6. The van der Waals surface area contributed by atoms with Gasteiger partial charge in [0, 0.05) is 0 Å². The second-order valence-electron chi connectivity index (χ2n) is 6.15. The highest BCUT2D eigenvalue weighted by Gasteiger charge is 2.20. The van der Waals surface area contributed by atoms with E-state index in [-0.39, 0.29) is 0 Å². The molecule has 1 heterocycles. The Bertz CT molecular complexity index is 400. The zero-order chi connectivity index (χ0) is 17.1. The largest absolute Gasteiger partial charge is 0.330 e. The Kier molecular flexibility index (Phi) is 10.0. The molecule has 0 amide bonds. The third kappa shape index (κ3) is 6.56. The molecule has 0 spiro atoms. The first-order valence-electron chi connectivity index (χ1n) is 8.78. The highest BCUT2D eigenvalue weighted by Crippen LogP contribution is 2.30. The zero-order valence-corrected chi connectivity index (χ0v) is 14.6. The minimum Gasteiger partial charge on any atom is -0.330 e. The van der Waals surface area contributed by atoms with Crippen LogP contribution in [0.5, 0.6) is 0 Å². The van der Waals surface area contributed by atoms with Crippen LogP contribution in [0.15, 0.2) is 24.3 Å². The van der Waals surface area contributed by atoms with Gasteiger partial charge in [-0.3, -0.25) is 4.39 Å². The van der Waals surface area contributed by atoms with Gasteiger partial charge in [-0.2, -0.15) is 0 Å². The molecule has 1 saturated heterocycles. The van der Waals surface area contributed by atoms with E-state index >= 15 is 0 Å². The highest BCUT2D eigenvalue weighted by atomic mass is 19.1. The molecular weight excluding hydrogens is 294 g/mol. The topological polar surface area (TPSA) is 29.3 Å². The quantitative estimate of drug-likeness (QED) is 0.741. The molecule has 0 bridgehead atoms. The van der Waals surface area contributed by atoms with Crippen molar-refractivity contribution < 1.29 is 8.78 Å². The van der Waals surface area contributed by atoms with E-state index in [1.165, 1.54) is 44.5 Å². The van der Waals surface area contributed by atoms with E-state index in [2.05, 4.69) is 17.0 Å². The molecule has 1 fully saturated rings. The summed E-state index contributed by atoms with van der Waals surface area (Å²) in [5, 5.41) is 0. The Balaban J connectivity index is 0.00000127. The Morgan fingerprint density at radius 2 is 1.74 bits per heavy atom. The first kappa shape index (κ1) is 20.0. The lowest BCUT2D eigenvalue weighted by Gasteiger charge is -2.32. The highest BCUT2D eigenvalue weighted by molar-refractivity contribution is 5.27. The second-order valence-corrected chi connectivity index (χ2v) is 6.15. The molecule has 1 aromatic carbocycles. The summed E-state index contributed by atoms with van der Waals surface area (Å²) in [7, 11) is 0.500. The van der Waals surface area contributed by atoms with Crippen LogP contribution in [0.3, 0.4) is 0 Å². The summed E-state index contributed by atoms with van der Waals surface area (Å²) >= 11 is 0. The van der Waals surface area contributed by atoms with E-state index in [0.717, 1.165) is 18.5 Å². The number of likely N-dealkylation sites (tertiary alicyclic amines) is 1. The lowest BCUT2D eigenvalue weighted by atomic mass is 9.88. The van der Waals surface area contributed by atoms with Gasteiger partial charge in [-0.05, 0) is 75.3 Å². The standard InChI is InChI=1S/C18H29FN2.CH3F/c1-2-18(19)17-7-5-15(6-8-17)16-9-13-21(14-10-16)12-4-3-11-20;1-2/h5-8,16,18H,2-4,9-14,20H2,1H3;1H3. The average molecular weight is 326 g/mol. The van der Waals surface area contributed by atoms with Crippen molar-refractivity contribution in [2.75, 3.05) is 33.4 Å². The minimum atomic E-state index is -0.816. The molecule has 2 N–H and O–H groups in total. The van der Waals surface area contributed by atoms with Crippen LogP contribution in [0.1, 0.15) is 62.2 Å². The number of nitrogens with zero attached hydrogens (tertiary/aromatic N) is 1. The Morgan fingerprint density at radius 3 is 2.26 bits per heavy atom. The molecule has 1 aliphatic heterocycles. The molecule has 2 nitrogen and oxygen atoms in total. The smallest absolute Gasteiger partial charge is 0.125 e. The summed E-state index contributed by atoms with van der Waals surface area (Å²) in [4.78, 5) is 2.55. The van der Waals surface area contributed by atoms with Crippen LogP contribution in [0.2, 0.25) is 0 Å². The van der Waals surface area contributed by atoms with Crippen LogP contribution in [0.4, 0.5) is 8.78 Å². The minimum absolute atomic E-state index is 0.500. The third-order valence-corrected chi connectivity index (χ3v) is 4.64. The van der Waals surface area contributed by atoms with Gasteiger partial charge in [-0.15, -0.1) is 0 Å². The van der Waals surface area contributed by atoms with Crippen LogP contribution >= 0.6 is 0 Å². The van der Waals surface area contributed by atoms with Crippen LogP contribution < -0.4 is 5.73 Å². The predicted octanol–water partition coefficient (Wildman–Crippen LogP) is 4.61. The van der Waals surface area contributed by atoms with Crippen LogP contribution in [0, 0.1) is 0 Å². The molecule has 1 unspecified atom stereocenters. The van der Waals surface area contributed by atoms with Crippen molar-refractivity contribution in [3.63, 3.8) is 0 Å². The van der Waals surface area contributed by atoms with Crippen molar-refractivity contribution >= 4 is 0 Å². The molecule has 23 heavy (non-hydrogen) atoms. The van der Waals surface area contributed by atoms with Crippen LogP contribution in [0.25, 0.3) is 0 Å². The van der Waals surface area contributed by atoms with E-state index in [0.29, 0.717) is 19.5 Å². The van der Waals surface area contributed by atoms with Gasteiger partial charge in [0.05, 0.1) is 7.18 Å². The predicted molar refractivity (Wildman–Crippen MR) is 94.3 cm³/mol. The number of halogens is 2. The fraction of sp³-hybridized carbons (Fsp3) is 0.684. The van der Waals surface area contributed by atoms with E-state index < -0.39 is 6.17 Å². The summed E-state index contributed by atoms with van der Waals surface area (Å²) in [5.41, 5.74) is 7.74. The van der Waals surface area contributed by atoms with Gasteiger partial charge >= 0.3 is 0 Å². The summed E-state index contributed by atoms with van der Waals surface area (Å²) in [6.07, 6.45) is 4.52. The molecule has 4 heteroatoms. The first-order valence-corrected chi connectivity index (χ1v) is 8.78. The van der Waals surface area contributed by atoms with E-state index in [4.69, 9.17) is 5.73 Å². The molecule has 0 aliphatic carbocycles. The maximum Gasteiger partial charge on any atom is 0.125 e. The SMILES string of the molecule is CCC(F)c1ccc(C2CCN(CCCCN)CC2)cc1.CF. The van der Waals surface area contributed by atoms with Crippen LogP contribution in [-0.4, -0.2) is 38.3 Å². The number of benzene rings is 1. The lowest BCUT2D eigenvalue weighted by molar-refractivity contribution is 0.209. The summed E-state index contributed by atoms with van der Waals surface area (Å²) in [6.45, 7) is 6.23. The number of hydrogen-bond donors (Lipinski definition) is 1. The molecule has 2 rings (SSSR count). The molecule has 1 aromatic rings. The monoisotopic (exact) mass is 326 g/mol. The summed E-state index contributed by atoms with van der Waals surface area (Å²) in [5.74, 6) is 0.643. The van der Waals surface area contributed by atoms with Gasteiger partial charge in [-0.1, -0.05) is 31.2 Å².